The van der Waals surface area contributed by atoms with Crippen LogP contribution in [0.2, 0.25) is 0 Å². The fourth-order valence-corrected chi connectivity index (χ4v) is 4.46. The molecule has 0 fully saturated rings. The van der Waals surface area contributed by atoms with Crippen LogP contribution in [0, 0.1) is 13.8 Å². The average molecular weight is 321 g/mol. The number of fused-ring (bicyclic) bond motifs is 3. The number of nitrogens with zero attached hydrogens (tertiary/aromatic N) is 3. The van der Waals surface area contributed by atoms with Crippen molar-refractivity contribution >= 4 is 43.5 Å². The third kappa shape index (κ3) is 2.74. The van der Waals surface area contributed by atoms with Crippen LogP contribution in [-0.4, -0.2) is 43.6 Å². The Morgan fingerprint density at radius 1 is 1.33 bits per heavy atom. The van der Waals surface area contributed by atoms with Crippen LogP contribution < -0.4 is 0 Å². The summed E-state index contributed by atoms with van der Waals surface area (Å²) in [5.74, 6) is 0.405. The molecule has 0 bridgehead atoms. The maximum absolute atomic E-state index is 9.49. The summed E-state index contributed by atoms with van der Waals surface area (Å²) in [5.41, 5.74) is 3.06. The van der Waals surface area contributed by atoms with Gasteiger partial charge in [0.05, 0.1) is 22.9 Å². The Bertz CT molecular complexity index is 804. The zero-order valence-corrected chi connectivity index (χ0v) is 13.3. The highest BCUT2D eigenvalue weighted by Crippen LogP contribution is 2.37. The number of thioether (sulfide) groups is 1. The zero-order valence-electron chi connectivity index (χ0n) is 11.7. The van der Waals surface area contributed by atoms with Crippen molar-refractivity contribution in [2.75, 3.05) is 12.4 Å². The SMILES string of the molecule is Cc1cc(C)c2c(n1)sc1c(SC[C@@H](O)CO)ncnc12. The maximum atomic E-state index is 9.49. The lowest BCUT2D eigenvalue weighted by Gasteiger charge is -2.06. The van der Waals surface area contributed by atoms with E-state index in [4.69, 9.17) is 5.11 Å². The van der Waals surface area contributed by atoms with Gasteiger partial charge in [0.1, 0.15) is 16.2 Å². The molecule has 3 rings (SSSR count). The van der Waals surface area contributed by atoms with Crippen molar-refractivity contribution in [1.82, 2.24) is 15.0 Å². The molecule has 21 heavy (non-hydrogen) atoms. The molecular weight excluding hydrogens is 306 g/mol. The number of aryl methyl sites for hydroxylation is 2. The summed E-state index contributed by atoms with van der Waals surface area (Å²) in [6, 6.07) is 2.05. The standard InChI is InChI=1S/C14H15N3O2S2/c1-7-3-8(2)17-13-10(7)11-12(21-13)14(16-6-15-11)20-5-9(19)4-18/h3,6,9,18-19H,4-5H2,1-2H3/t9-/m0/s1. The molecule has 7 heteroatoms. The lowest BCUT2D eigenvalue weighted by Crippen LogP contribution is -2.14. The van der Waals surface area contributed by atoms with Crippen molar-refractivity contribution in [1.29, 1.82) is 0 Å². The third-order valence-electron chi connectivity index (χ3n) is 3.14. The molecule has 0 saturated heterocycles. The van der Waals surface area contributed by atoms with Crippen LogP contribution in [-0.2, 0) is 0 Å². The van der Waals surface area contributed by atoms with Crippen LogP contribution in [0.5, 0.6) is 0 Å². The van der Waals surface area contributed by atoms with E-state index in [1.165, 1.54) is 11.8 Å². The molecule has 0 saturated carbocycles. The fourth-order valence-electron chi connectivity index (χ4n) is 2.22. The van der Waals surface area contributed by atoms with Gasteiger partial charge in [-0.25, -0.2) is 15.0 Å². The van der Waals surface area contributed by atoms with E-state index in [-0.39, 0.29) is 6.61 Å². The second-order valence-electron chi connectivity index (χ2n) is 4.87. The molecule has 0 amide bonds. The van der Waals surface area contributed by atoms with E-state index in [1.54, 1.807) is 17.7 Å². The lowest BCUT2D eigenvalue weighted by molar-refractivity contribution is 0.113. The minimum atomic E-state index is -0.739. The number of aliphatic hydroxyl groups is 2. The van der Waals surface area contributed by atoms with Gasteiger partial charge in [0, 0.05) is 16.8 Å². The number of aromatic nitrogens is 3. The molecular formula is C14H15N3O2S2. The van der Waals surface area contributed by atoms with Crippen LogP contribution in [0.25, 0.3) is 20.4 Å². The van der Waals surface area contributed by atoms with Gasteiger partial charge >= 0.3 is 0 Å². The fraction of sp³-hybridized carbons (Fsp3) is 0.357. The first-order valence-corrected chi connectivity index (χ1v) is 8.33. The predicted octanol–water partition coefficient (Wildman–Crippen LogP) is 2.30. The number of thiophene rings is 1. The van der Waals surface area contributed by atoms with Gasteiger partial charge < -0.3 is 10.2 Å². The van der Waals surface area contributed by atoms with Crippen LogP contribution in [0.4, 0.5) is 0 Å². The number of hydrogen-bond donors (Lipinski definition) is 2. The molecule has 110 valence electrons. The molecule has 0 aromatic carbocycles. The van der Waals surface area contributed by atoms with E-state index in [2.05, 4.69) is 27.9 Å². The molecule has 0 unspecified atom stereocenters. The molecule has 3 aromatic heterocycles. The summed E-state index contributed by atoms with van der Waals surface area (Å²) < 4.78 is 0.990. The van der Waals surface area contributed by atoms with Crippen LogP contribution >= 0.6 is 23.1 Å². The molecule has 2 N–H and O–H groups in total. The van der Waals surface area contributed by atoms with E-state index < -0.39 is 6.10 Å². The first kappa shape index (κ1) is 14.6. The second kappa shape index (κ2) is 5.84. The van der Waals surface area contributed by atoms with Gasteiger partial charge in [-0.05, 0) is 25.5 Å². The van der Waals surface area contributed by atoms with Crippen LogP contribution in [0.1, 0.15) is 11.3 Å². The molecule has 0 aliphatic heterocycles. The van der Waals surface area contributed by atoms with Crippen molar-refractivity contribution in [3.05, 3.63) is 23.7 Å². The van der Waals surface area contributed by atoms with E-state index in [0.717, 1.165) is 36.7 Å². The monoisotopic (exact) mass is 321 g/mol. The highest BCUT2D eigenvalue weighted by atomic mass is 32.2. The molecule has 0 aliphatic rings. The molecule has 3 heterocycles. The summed E-state index contributed by atoms with van der Waals surface area (Å²) in [5, 5.41) is 20.3. The van der Waals surface area contributed by atoms with Crippen molar-refractivity contribution in [3.8, 4) is 0 Å². The summed E-state index contributed by atoms with van der Waals surface area (Å²) in [7, 11) is 0. The Balaban J connectivity index is 2.13. The maximum Gasteiger partial charge on any atom is 0.126 e. The van der Waals surface area contributed by atoms with E-state index in [1.807, 2.05) is 6.92 Å². The number of aliphatic hydroxyl groups excluding tert-OH is 2. The number of pyridine rings is 1. The third-order valence-corrected chi connectivity index (χ3v) is 5.48. The Labute approximate surface area is 130 Å². The molecule has 3 aromatic rings. The van der Waals surface area contributed by atoms with Gasteiger partial charge in [-0.15, -0.1) is 23.1 Å². The normalized spacial score (nSPS) is 13.1. The van der Waals surface area contributed by atoms with Gasteiger partial charge in [-0.3, -0.25) is 0 Å². The van der Waals surface area contributed by atoms with Gasteiger partial charge in [-0.1, -0.05) is 0 Å². The van der Waals surface area contributed by atoms with Crippen LogP contribution in [0.15, 0.2) is 17.4 Å². The topological polar surface area (TPSA) is 79.1 Å². The first-order valence-electron chi connectivity index (χ1n) is 6.53. The van der Waals surface area contributed by atoms with Gasteiger partial charge in [-0.2, -0.15) is 0 Å². The van der Waals surface area contributed by atoms with E-state index in [0.29, 0.717) is 5.75 Å². The van der Waals surface area contributed by atoms with Crippen molar-refractivity contribution < 1.29 is 10.2 Å². The Morgan fingerprint density at radius 3 is 2.90 bits per heavy atom. The Kier molecular flexibility index (Phi) is 4.08. The predicted molar refractivity (Wildman–Crippen MR) is 86.0 cm³/mol. The molecule has 0 aliphatic carbocycles. The van der Waals surface area contributed by atoms with Crippen molar-refractivity contribution in [2.24, 2.45) is 0 Å². The first-order chi connectivity index (χ1) is 10.1. The molecule has 0 radical (unpaired) electrons. The summed E-state index contributed by atoms with van der Waals surface area (Å²) >= 11 is 3.00. The summed E-state index contributed by atoms with van der Waals surface area (Å²) in [6.45, 7) is 3.80. The number of hydrogen-bond acceptors (Lipinski definition) is 7. The Hall–Kier alpha value is -1.28. The Morgan fingerprint density at radius 2 is 2.14 bits per heavy atom. The molecule has 5 nitrogen and oxygen atoms in total. The highest BCUT2D eigenvalue weighted by Gasteiger charge is 2.15. The van der Waals surface area contributed by atoms with Gasteiger partial charge in [0.15, 0.2) is 0 Å². The van der Waals surface area contributed by atoms with Gasteiger partial charge in [0.25, 0.3) is 0 Å². The lowest BCUT2D eigenvalue weighted by atomic mass is 10.1. The minimum absolute atomic E-state index is 0.243. The van der Waals surface area contributed by atoms with Crippen LogP contribution in [0.3, 0.4) is 0 Å². The highest BCUT2D eigenvalue weighted by molar-refractivity contribution is 7.99. The minimum Gasteiger partial charge on any atom is -0.394 e. The average Bonchev–Trinajstić information content (AvgIpc) is 2.83. The number of rotatable bonds is 4. The quantitative estimate of drug-likeness (QED) is 0.567. The summed E-state index contributed by atoms with van der Waals surface area (Å²) in [4.78, 5) is 14.2. The van der Waals surface area contributed by atoms with E-state index in [9.17, 15) is 5.11 Å². The molecule has 1 atom stereocenters. The smallest absolute Gasteiger partial charge is 0.126 e. The second-order valence-corrected chi connectivity index (χ2v) is 6.87. The largest absolute Gasteiger partial charge is 0.394 e. The van der Waals surface area contributed by atoms with E-state index >= 15 is 0 Å². The summed E-state index contributed by atoms with van der Waals surface area (Å²) in [6.07, 6.45) is 0.804. The van der Waals surface area contributed by atoms with Gasteiger partial charge in [0.2, 0.25) is 0 Å². The molecule has 0 spiro atoms. The van der Waals surface area contributed by atoms with Crippen molar-refractivity contribution in [2.45, 2.75) is 25.0 Å². The van der Waals surface area contributed by atoms with Crippen molar-refractivity contribution in [3.63, 3.8) is 0 Å². The zero-order chi connectivity index (χ0) is 15.0.